The minimum Gasteiger partial charge on any atom is -0.444 e. The molecule has 1 saturated heterocycles. The van der Waals surface area contributed by atoms with Gasteiger partial charge in [-0.3, -0.25) is 19.7 Å². The molecule has 4 amide bonds. The topological polar surface area (TPSA) is 105 Å². The van der Waals surface area contributed by atoms with Gasteiger partial charge in [0.05, 0.1) is 0 Å². The van der Waals surface area contributed by atoms with Crippen LogP contribution in [0.1, 0.15) is 106 Å². The van der Waals surface area contributed by atoms with Gasteiger partial charge in [0, 0.05) is 37.1 Å². The van der Waals surface area contributed by atoms with Crippen LogP contribution in [0.3, 0.4) is 0 Å². The normalized spacial score (nSPS) is 17.1. The van der Waals surface area contributed by atoms with Crippen LogP contribution in [0.4, 0.5) is 4.79 Å². The molecule has 2 heterocycles. The second-order valence-electron chi connectivity index (χ2n) is 10.7. The zero-order valence-corrected chi connectivity index (χ0v) is 22.3. The number of fused-ring (bicyclic) bond motifs is 1. The molecule has 0 spiro atoms. The van der Waals surface area contributed by atoms with E-state index >= 15 is 0 Å². The summed E-state index contributed by atoms with van der Waals surface area (Å²) in [5, 5.41) is 5.13. The molecule has 1 fully saturated rings. The molecular weight excluding hydrogens is 470 g/mol. The van der Waals surface area contributed by atoms with E-state index in [1.165, 1.54) is 6.42 Å². The minimum absolute atomic E-state index is 0.172. The van der Waals surface area contributed by atoms with Crippen molar-refractivity contribution in [3.63, 3.8) is 0 Å². The number of carbonyl (C=O) groups excluding carboxylic acids is 4. The van der Waals surface area contributed by atoms with Crippen molar-refractivity contribution in [2.45, 2.75) is 103 Å². The lowest BCUT2D eigenvalue weighted by atomic mass is 10.0. The van der Waals surface area contributed by atoms with Crippen LogP contribution in [0.15, 0.2) is 18.2 Å². The molecule has 2 aliphatic heterocycles. The summed E-state index contributed by atoms with van der Waals surface area (Å²) < 4.78 is 5.22. The average molecular weight is 510 g/mol. The Hall–Kier alpha value is -3.34. The van der Waals surface area contributed by atoms with Crippen LogP contribution in [0, 0.1) is 11.8 Å². The zero-order chi connectivity index (χ0) is 26.8. The molecule has 8 heteroatoms. The van der Waals surface area contributed by atoms with E-state index in [0.717, 1.165) is 56.1 Å². The Bertz CT molecular complexity index is 1060. The van der Waals surface area contributed by atoms with Crippen LogP contribution in [0.5, 0.6) is 0 Å². The van der Waals surface area contributed by atoms with E-state index in [4.69, 9.17) is 4.74 Å². The van der Waals surface area contributed by atoms with Crippen LogP contribution < -0.4 is 10.6 Å². The summed E-state index contributed by atoms with van der Waals surface area (Å²) in [4.78, 5) is 49.8. The van der Waals surface area contributed by atoms with Crippen molar-refractivity contribution < 1.29 is 23.9 Å². The largest absolute Gasteiger partial charge is 0.444 e. The highest BCUT2D eigenvalue weighted by Crippen LogP contribution is 2.29. The molecular formula is C29H39N3O5. The summed E-state index contributed by atoms with van der Waals surface area (Å²) in [6.45, 7) is 6.55. The van der Waals surface area contributed by atoms with Gasteiger partial charge in [0.15, 0.2) is 0 Å². The van der Waals surface area contributed by atoms with E-state index in [9.17, 15) is 19.2 Å². The van der Waals surface area contributed by atoms with Crippen LogP contribution in [-0.2, 0) is 20.9 Å². The smallest absolute Gasteiger partial charge is 0.407 e. The quantitative estimate of drug-likeness (QED) is 0.276. The van der Waals surface area contributed by atoms with Crippen molar-refractivity contribution in [2.75, 3.05) is 6.54 Å². The first-order valence-corrected chi connectivity index (χ1v) is 13.4. The number of alkyl carbamates (subject to hydrolysis) is 1. The summed E-state index contributed by atoms with van der Waals surface area (Å²) in [6.07, 6.45) is 8.73. The number of nitrogens with one attached hydrogen (secondary N) is 2. The summed E-state index contributed by atoms with van der Waals surface area (Å²) in [7, 11) is 0. The van der Waals surface area contributed by atoms with E-state index in [-0.39, 0.29) is 24.3 Å². The molecule has 1 unspecified atom stereocenters. The van der Waals surface area contributed by atoms with Crippen LogP contribution in [-0.4, -0.2) is 46.9 Å². The number of imide groups is 1. The molecule has 2 aliphatic rings. The van der Waals surface area contributed by atoms with Crippen molar-refractivity contribution in [3.8, 4) is 11.8 Å². The molecule has 0 saturated carbocycles. The first-order valence-electron chi connectivity index (χ1n) is 13.4. The van der Waals surface area contributed by atoms with Crippen molar-refractivity contribution in [2.24, 2.45) is 0 Å². The molecule has 0 aliphatic carbocycles. The number of rotatable bonds is 10. The zero-order valence-electron chi connectivity index (χ0n) is 22.3. The van der Waals surface area contributed by atoms with Crippen molar-refractivity contribution in [1.82, 2.24) is 15.5 Å². The minimum atomic E-state index is -0.611. The molecule has 2 N–H and O–H groups in total. The number of unbranched alkanes of at least 4 members (excludes halogenated alkanes) is 7. The fourth-order valence-corrected chi connectivity index (χ4v) is 4.59. The SMILES string of the molecule is CC(C)(C)OC(=O)NCCCCCCCCCC#Cc1cccc2c1CN(C1CCC(=O)NC1=O)C2=O. The number of piperidine rings is 1. The highest BCUT2D eigenvalue weighted by Gasteiger charge is 2.39. The van der Waals surface area contributed by atoms with E-state index in [0.29, 0.717) is 25.1 Å². The first-order chi connectivity index (χ1) is 17.7. The van der Waals surface area contributed by atoms with Gasteiger partial charge >= 0.3 is 6.09 Å². The lowest BCUT2D eigenvalue weighted by Gasteiger charge is -2.29. The number of carbonyl (C=O) groups is 4. The van der Waals surface area contributed by atoms with Gasteiger partial charge in [-0.1, -0.05) is 50.0 Å². The molecule has 0 radical (unpaired) electrons. The molecule has 1 aromatic rings. The Morgan fingerprint density at radius 3 is 2.49 bits per heavy atom. The number of hydrogen-bond acceptors (Lipinski definition) is 5. The third kappa shape index (κ3) is 8.63. The van der Waals surface area contributed by atoms with Crippen molar-refractivity contribution >= 4 is 23.8 Å². The van der Waals surface area contributed by atoms with Crippen LogP contribution in [0.25, 0.3) is 0 Å². The molecule has 8 nitrogen and oxygen atoms in total. The fourth-order valence-electron chi connectivity index (χ4n) is 4.59. The maximum Gasteiger partial charge on any atom is 0.407 e. The third-order valence-corrected chi connectivity index (χ3v) is 6.45. The molecule has 200 valence electrons. The first kappa shape index (κ1) is 28.2. The summed E-state index contributed by atoms with van der Waals surface area (Å²) in [6, 6.07) is 4.92. The lowest BCUT2D eigenvalue weighted by Crippen LogP contribution is -2.52. The standard InChI is InChI=1S/C29H39N3O5/c1-29(2,3)37-28(36)30-19-12-10-8-6-4-5-7-9-11-14-21-15-13-16-22-23(21)20-32(27(22)35)24-17-18-25(33)31-26(24)34/h13,15-16,24H,4-10,12,17-20H2,1-3H3,(H,30,36)(H,31,33,34). The van der Waals surface area contributed by atoms with E-state index in [1.807, 2.05) is 32.9 Å². The van der Waals surface area contributed by atoms with Gasteiger partial charge in [-0.05, 0) is 57.7 Å². The van der Waals surface area contributed by atoms with Gasteiger partial charge in [-0.2, -0.15) is 0 Å². The summed E-state index contributed by atoms with van der Waals surface area (Å²) in [5.74, 6) is 5.61. The predicted molar refractivity (Wildman–Crippen MR) is 141 cm³/mol. The molecule has 1 atom stereocenters. The van der Waals surface area contributed by atoms with Crippen LogP contribution >= 0.6 is 0 Å². The maximum absolute atomic E-state index is 12.9. The summed E-state index contributed by atoms with van der Waals surface area (Å²) in [5.41, 5.74) is 1.83. The van der Waals surface area contributed by atoms with Crippen molar-refractivity contribution in [3.05, 3.63) is 34.9 Å². The monoisotopic (exact) mass is 509 g/mol. The maximum atomic E-state index is 12.9. The van der Waals surface area contributed by atoms with Gasteiger partial charge in [0.25, 0.3) is 5.91 Å². The van der Waals surface area contributed by atoms with Gasteiger partial charge < -0.3 is 15.0 Å². The highest BCUT2D eigenvalue weighted by molar-refractivity contribution is 6.05. The number of nitrogens with zero attached hydrogens (tertiary/aromatic N) is 1. The Morgan fingerprint density at radius 1 is 1.08 bits per heavy atom. The lowest BCUT2D eigenvalue weighted by molar-refractivity contribution is -0.136. The second kappa shape index (κ2) is 13.3. The fraction of sp³-hybridized carbons (Fsp3) is 0.586. The molecule has 37 heavy (non-hydrogen) atoms. The second-order valence-corrected chi connectivity index (χ2v) is 10.7. The van der Waals surface area contributed by atoms with Gasteiger partial charge in [-0.15, -0.1) is 0 Å². The van der Waals surface area contributed by atoms with E-state index < -0.39 is 17.6 Å². The van der Waals surface area contributed by atoms with Gasteiger partial charge in [0.2, 0.25) is 11.8 Å². The average Bonchev–Trinajstić information content (AvgIpc) is 3.15. The number of hydrogen-bond donors (Lipinski definition) is 2. The third-order valence-electron chi connectivity index (χ3n) is 6.45. The summed E-state index contributed by atoms with van der Waals surface area (Å²) >= 11 is 0. The molecule has 1 aromatic carbocycles. The highest BCUT2D eigenvalue weighted by atomic mass is 16.6. The Morgan fingerprint density at radius 2 is 1.78 bits per heavy atom. The number of amides is 4. The molecule has 3 rings (SSSR count). The number of ether oxygens (including phenoxy) is 1. The predicted octanol–water partition coefficient (Wildman–Crippen LogP) is 4.44. The Balaban J connectivity index is 1.32. The number of benzene rings is 1. The Labute approximate surface area is 219 Å². The van der Waals surface area contributed by atoms with E-state index in [2.05, 4.69) is 22.5 Å². The molecule has 0 aromatic heterocycles. The van der Waals surface area contributed by atoms with Gasteiger partial charge in [0.1, 0.15) is 11.6 Å². The van der Waals surface area contributed by atoms with Crippen LogP contribution in [0.2, 0.25) is 0 Å². The Kier molecular flexibility index (Phi) is 10.1. The van der Waals surface area contributed by atoms with Gasteiger partial charge in [-0.25, -0.2) is 4.79 Å². The van der Waals surface area contributed by atoms with Crippen molar-refractivity contribution in [1.29, 1.82) is 0 Å². The molecule has 0 bridgehead atoms. The van der Waals surface area contributed by atoms with E-state index in [1.54, 1.807) is 11.0 Å².